The van der Waals surface area contributed by atoms with Gasteiger partial charge in [-0.05, 0) is 30.2 Å². The summed E-state index contributed by atoms with van der Waals surface area (Å²) in [6.07, 6.45) is 0.320. The fourth-order valence-corrected chi connectivity index (χ4v) is 3.40. The van der Waals surface area contributed by atoms with Crippen LogP contribution in [0.2, 0.25) is 0 Å². The molecule has 0 saturated carbocycles. The van der Waals surface area contributed by atoms with E-state index in [0.717, 1.165) is 5.56 Å². The van der Waals surface area contributed by atoms with Crippen molar-refractivity contribution in [1.29, 1.82) is 0 Å². The molecule has 1 aliphatic rings. The molecule has 30 heavy (non-hydrogen) atoms. The Morgan fingerprint density at radius 3 is 2.83 bits per heavy atom. The summed E-state index contributed by atoms with van der Waals surface area (Å²) in [5.74, 6) is -0.289. The van der Waals surface area contributed by atoms with Gasteiger partial charge >= 0.3 is 0 Å². The number of carbonyl (C=O) groups excluding carboxylic acids is 2. The van der Waals surface area contributed by atoms with E-state index < -0.39 is 11.7 Å². The number of aryl methyl sites for hydroxylation is 1. The molecule has 4 rings (SSSR count). The number of benzene rings is 2. The van der Waals surface area contributed by atoms with Crippen molar-refractivity contribution in [3.8, 4) is 0 Å². The van der Waals surface area contributed by atoms with Crippen LogP contribution >= 0.6 is 0 Å². The number of rotatable bonds is 6. The van der Waals surface area contributed by atoms with E-state index >= 15 is 0 Å². The molecule has 7 nitrogen and oxygen atoms in total. The van der Waals surface area contributed by atoms with Crippen LogP contribution in [0, 0.1) is 12.7 Å². The first-order chi connectivity index (χ1) is 14.5. The van der Waals surface area contributed by atoms with Crippen LogP contribution < -0.4 is 5.32 Å². The standard InChI is InChI=1S/C22H21FN4O3/c1-14-7-8-16(9-18(14)23)22(29)24-11-19-25-21(26-30-19)17-10-20(28)27(13-17)12-15-5-3-2-4-6-15/h2-9,17H,10-13H2,1H3,(H,24,29). The minimum atomic E-state index is -0.436. The van der Waals surface area contributed by atoms with Gasteiger partial charge in [0.1, 0.15) is 5.82 Å². The number of carbonyl (C=O) groups is 2. The molecule has 1 aromatic heterocycles. The number of likely N-dealkylation sites (tertiary alicyclic amines) is 1. The molecule has 2 aromatic carbocycles. The Labute approximate surface area is 172 Å². The van der Waals surface area contributed by atoms with Crippen LogP contribution in [0.1, 0.15) is 45.5 Å². The van der Waals surface area contributed by atoms with Crippen LogP contribution in [-0.2, 0) is 17.9 Å². The van der Waals surface area contributed by atoms with E-state index in [2.05, 4.69) is 15.5 Å². The maximum Gasteiger partial charge on any atom is 0.251 e. The summed E-state index contributed by atoms with van der Waals surface area (Å²) in [7, 11) is 0. The number of hydrogen-bond acceptors (Lipinski definition) is 5. The van der Waals surface area contributed by atoms with E-state index in [-0.39, 0.29) is 29.8 Å². The van der Waals surface area contributed by atoms with Crippen molar-refractivity contribution in [3.05, 3.63) is 82.8 Å². The third-order valence-corrected chi connectivity index (χ3v) is 5.11. The summed E-state index contributed by atoms with van der Waals surface area (Å²) in [4.78, 5) is 30.6. The normalized spacial score (nSPS) is 16.1. The van der Waals surface area contributed by atoms with Gasteiger partial charge in [-0.15, -0.1) is 0 Å². The SMILES string of the molecule is Cc1ccc(C(=O)NCc2nc(C3CC(=O)N(Cc4ccccc4)C3)no2)cc1F. The molecule has 3 aromatic rings. The minimum absolute atomic E-state index is 0.0235. The first-order valence-electron chi connectivity index (χ1n) is 9.68. The van der Waals surface area contributed by atoms with Gasteiger partial charge in [0.15, 0.2) is 5.82 Å². The lowest BCUT2D eigenvalue weighted by Crippen LogP contribution is -2.24. The molecule has 8 heteroatoms. The third kappa shape index (κ3) is 4.37. The van der Waals surface area contributed by atoms with Gasteiger partial charge < -0.3 is 14.7 Å². The molecule has 0 bridgehead atoms. The first kappa shape index (κ1) is 19.8. The van der Waals surface area contributed by atoms with E-state index in [1.54, 1.807) is 24.0 Å². The van der Waals surface area contributed by atoms with Gasteiger partial charge in [-0.3, -0.25) is 9.59 Å². The second-order valence-electron chi connectivity index (χ2n) is 7.35. The van der Waals surface area contributed by atoms with Gasteiger partial charge in [-0.1, -0.05) is 41.6 Å². The number of amides is 2. The van der Waals surface area contributed by atoms with Crippen molar-refractivity contribution in [1.82, 2.24) is 20.4 Å². The van der Waals surface area contributed by atoms with Crippen LogP contribution in [0.25, 0.3) is 0 Å². The predicted octanol–water partition coefficient (Wildman–Crippen LogP) is 2.96. The average Bonchev–Trinajstić information content (AvgIpc) is 3.36. The molecule has 1 aliphatic heterocycles. The van der Waals surface area contributed by atoms with Crippen LogP contribution in [0.4, 0.5) is 4.39 Å². The largest absolute Gasteiger partial charge is 0.343 e. The minimum Gasteiger partial charge on any atom is -0.343 e. The fraction of sp³-hybridized carbons (Fsp3) is 0.273. The average molecular weight is 408 g/mol. The Bertz CT molecular complexity index is 1070. The first-order valence-corrected chi connectivity index (χ1v) is 9.68. The Hall–Kier alpha value is -3.55. The fourth-order valence-electron chi connectivity index (χ4n) is 3.40. The molecule has 0 spiro atoms. The highest BCUT2D eigenvalue weighted by Gasteiger charge is 2.33. The molecule has 0 radical (unpaired) electrons. The molecule has 1 atom stereocenters. The highest BCUT2D eigenvalue weighted by atomic mass is 19.1. The topological polar surface area (TPSA) is 88.3 Å². The van der Waals surface area contributed by atoms with Crippen molar-refractivity contribution in [2.24, 2.45) is 0 Å². The number of nitrogens with one attached hydrogen (secondary N) is 1. The summed E-state index contributed by atoms with van der Waals surface area (Å²) in [5, 5.41) is 6.61. The molecule has 2 heterocycles. The van der Waals surface area contributed by atoms with Crippen LogP contribution in [-0.4, -0.2) is 33.4 Å². The molecule has 1 N–H and O–H groups in total. The molecule has 0 aliphatic carbocycles. The van der Waals surface area contributed by atoms with Gasteiger partial charge in [0.2, 0.25) is 11.8 Å². The number of hydrogen-bond donors (Lipinski definition) is 1. The van der Waals surface area contributed by atoms with E-state index in [1.165, 1.54) is 6.07 Å². The Morgan fingerprint density at radius 2 is 2.07 bits per heavy atom. The zero-order valence-electron chi connectivity index (χ0n) is 16.5. The number of aromatic nitrogens is 2. The monoisotopic (exact) mass is 408 g/mol. The van der Waals surface area contributed by atoms with E-state index in [1.807, 2.05) is 30.3 Å². The molecule has 154 valence electrons. The van der Waals surface area contributed by atoms with Gasteiger partial charge in [0.25, 0.3) is 5.91 Å². The number of halogens is 1. The highest BCUT2D eigenvalue weighted by Crippen LogP contribution is 2.27. The number of nitrogens with zero attached hydrogens (tertiary/aromatic N) is 3. The molecule has 1 unspecified atom stereocenters. The van der Waals surface area contributed by atoms with Crippen LogP contribution in [0.5, 0.6) is 0 Å². The van der Waals surface area contributed by atoms with Crippen LogP contribution in [0.3, 0.4) is 0 Å². The lowest BCUT2D eigenvalue weighted by molar-refractivity contribution is -0.128. The summed E-state index contributed by atoms with van der Waals surface area (Å²) in [6, 6.07) is 14.1. The Balaban J connectivity index is 1.34. The molecule has 2 amide bonds. The van der Waals surface area contributed by atoms with Crippen molar-refractivity contribution in [2.75, 3.05) is 6.54 Å². The van der Waals surface area contributed by atoms with Crippen LogP contribution in [0.15, 0.2) is 53.1 Å². The molecular formula is C22H21FN4O3. The zero-order chi connectivity index (χ0) is 21.1. The summed E-state index contributed by atoms with van der Waals surface area (Å²) >= 11 is 0. The van der Waals surface area contributed by atoms with E-state index in [0.29, 0.717) is 30.9 Å². The van der Waals surface area contributed by atoms with E-state index in [4.69, 9.17) is 4.52 Å². The molecule has 1 saturated heterocycles. The lowest BCUT2D eigenvalue weighted by atomic mass is 10.1. The van der Waals surface area contributed by atoms with E-state index in [9.17, 15) is 14.0 Å². The maximum atomic E-state index is 13.6. The van der Waals surface area contributed by atoms with Gasteiger partial charge in [-0.2, -0.15) is 4.98 Å². The third-order valence-electron chi connectivity index (χ3n) is 5.11. The van der Waals surface area contributed by atoms with Gasteiger partial charge in [-0.25, -0.2) is 4.39 Å². The van der Waals surface area contributed by atoms with Crippen molar-refractivity contribution >= 4 is 11.8 Å². The van der Waals surface area contributed by atoms with Gasteiger partial charge in [0, 0.05) is 31.0 Å². The lowest BCUT2D eigenvalue weighted by Gasteiger charge is -2.15. The quantitative estimate of drug-likeness (QED) is 0.678. The maximum absolute atomic E-state index is 13.6. The summed E-state index contributed by atoms with van der Waals surface area (Å²) in [5.41, 5.74) is 1.76. The Morgan fingerprint density at radius 1 is 1.27 bits per heavy atom. The molecular weight excluding hydrogens is 387 g/mol. The van der Waals surface area contributed by atoms with Crippen molar-refractivity contribution in [2.45, 2.75) is 32.4 Å². The summed E-state index contributed by atoms with van der Waals surface area (Å²) in [6.45, 7) is 2.72. The smallest absolute Gasteiger partial charge is 0.251 e. The Kier molecular flexibility index (Phi) is 5.56. The van der Waals surface area contributed by atoms with Gasteiger partial charge in [0.05, 0.1) is 6.54 Å². The highest BCUT2D eigenvalue weighted by molar-refractivity contribution is 5.94. The van der Waals surface area contributed by atoms with Crippen molar-refractivity contribution < 1.29 is 18.5 Å². The second kappa shape index (κ2) is 8.44. The predicted molar refractivity (Wildman–Crippen MR) is 106 cm³/mol. The summed E-state index contributed by atoms with van der Waals surface area (Å²) < 4.78 is 18.8. The molecule has 1 fully saturated rings. The zero-order valence-corrected chi connectivity index (χ0v) is 16.5. The van der Waals surface area contributed by atoms with Crippen molar-refractivity contribution in [3.63, 3.8) is 0 Å². The second-order valence-corrected chi connectivity index (χ2v) is 7.35.